The van der Waals surface area contributed by atoms with Crippen LogP contribution < -0.4 is 0 Å². The number of hydrogen-bond donors (Lipinski definition) is 0. The fourth-order valence-corrected chi connectivity index (χ4v) is 4.90. The predicted octanol–water partition coefficient (Wildman–Crippen LogP) is 4.71. The molecule has 3 nitrogen and oxygen atoms in total. The van der Waals surface area contributed by atoms with Crippen LogP contribution in [0.4, 0.5) is 4.79 Å². The molecule has 4 atom stereocenters. The minimum atomic E-state index is -0.552. The number of rotatable bonds is 0. The van der Waals surface area contributed by atoms with Gasteiger partial charge in [-0.3, -0.25) is 0 Å². The average molecular weight is 422 g/mol. The topological polar surface area (TPSA) is 35.5 Å². The predicted molar refractivity (Wildman–Crippen MR) is 87.1 cm³/mol. The summed E-state index contributed by atoms with van der Waals surface area (Å²) in [5.74, 6) is 0.0779. The van der Waals surface area contributed by atoms with Crippen LogP contribution in [0.5, 0.6) is 0 Å². The van der Waals surface area contributed by atoms with E-state index in [0.29, 0.717) is 0 Å². The summed E-state index contributed by atoms with van der Waals surface area (Å²) < 4.78 is 13.1. The van der Waals surface area contributed by atoms with E-state index in [0.717, 1.165) is 8.95 Å². The summed E-state index contributed by atoms with van der Waals surface area (Å²) in [6.07, 6.45) is -1.01. The van der Waals surface area contributed by atoms with Crippen molar-refractivity contribution in [2.75, 3.05) is 0 Å². The minimum absolute atomic E-state index is 0.0389. The Morgan fingerprint density at radius 2 is 1.18 bits per heavy atom. The second-order valence-corrected chi connectivity index (χ2v) is 7.75. The van der Waals surface area contributed by atoms with Crippen LogP contribution >= 0.6 is 31.9 Å². The molecule has 0 aromatic heterocycles. The molecule has 0 amide bonds. The maximum atomic E-state index is 11.7. The van der Waals surface area contributed by atoms with Gasteiger partial charge in [0.2, 0.25) is 0 Å². The molecule has 0 radical (unpaired) electrons. The van der Waals surface area contributed by atoms with Gasteiger partial charge in [-0.15, -0.1) is 0 Å². The van der Waals surface area contributed by atoms with Gasteiger partial charge in [-0.1, -0.05) is 44.0 Å². The fourth-order valence-electron chi connectivity index (χ4n) is 4.14. The fraction of sp³-hybridized carbons (Fsp3) is 0.235. The monoisotopic (exact) mass is 420 g/mol. The number of benzene rings is 2. The van der Waals surface area contributed by atoms with E-state index in [2.05, 4.69) is 56.1 Å². The van der Waals surface area contributed by atoms with Crippen molar-refractivity contribution in [3.63, 3.8) is 0 Å². The Balaban J connectivity index is 1.82. The van der Waals surface area contributed by atoms with Crippen molar-refractivity contribution in [3.8, 4) is 0 Å². The minimum Gasteiger partial charge on any atom is -0.426 e. The molecule has 2 aromatic rings. The van der Waals surface area contributed by atoms with E-state index in [1.165, 1.54) is 22.3 Å². The quantitative estimate of drug-likeness (QED) is 0.578. The van der Waals surface area contributed by atoms with E-state index in [4.69, 9.17) is 9.47 Å². The van der Waals surface area contributed by atoms with Gasteiger partial charge in [-0.2, -0.15) is 0 Å². The van der Waals surface area contributed by atoms with Crippen LogP contribution in [0.1, 0.15) is 34.1 Å². The maximum Gasteiger partial charge on any atom is 0.509 e. The van der Waals surface area contributed by atoms with E-state index in [-0.39, 0.29) is 24.0 Å². The van der Waals surface area contributed by atoms with Crippen molar-refractivity contribution in [2.24, 2.45) is 0 Å². The zero-order valence-electron chi connectivity index (χ0n) is 11.3. The zero-order valence-corrected chi connectivity index (χ0v) is 14.4. The highest BCUT2D eigenvalue weighted by molar-refractivity contribution is 9.10. The van der Waals surface area contributed by atoms with Gasteiger partial charge in [0, 0.05) is 8.95 Å². The normalized spacial score (nSPS) is 30.2. The highest BCUT2D eigenvalue weighted by Crippen LogP contribution is 2.57. The summed E-state index contributed by atoms with van der Waals surface area (Å²) in [7, 11) is 0. The van der Waals surface area contributed by atoms with Crippen LogP contribution in [0.2, 0.25) is 0 Å². The third-order valence-corrected chi connectivity index (χ3v) is 5.87. The summed E-state index contributed by atoms with van der Waals surface area (Å²) >= 11 is 7.10. The summed E-state index contributed by atoms with van der Waals surface area (Å²) in [5.41, 5.74) is 4.93. The molecule has 22 heavy (non-hydrogen) atoms. The van der Waals surface area contributed by atoms with Gasteiger partial charge in [0.15, 0.2) is 12.2 Å². The summed E-state index contributed by atoms with van der Waals surface area (Å²) in [6.45, 7) is 0. The first-order valence-corrected chi connectivity index (χ1v) is 8.68. The number of halogens is 2. The van der Waals surface area contributed by atoms with E-state index in [9.17, 15) is 4.79 Å². The van der Waals surface area contributed by atoms with Gasteiger partial charge in [-0.05, 0) is 46.5 Å². The first-order valence-electron chi connectivity index (χ1n) is 7.09. The molecular formula is C17H10Br2O3. The number of carbonyl (C=O) groups excluding carboxylic acids is 1. The molecule has 0 N–H and O–H groups in total. The molecule has 110 valence electrons. The second kappa shape index (κ2) is 4.36. The number of ether oxygens (including phenoxy) is 2. The van der Waals surface area contributed by atoms with Crippen molar-refractivity contribution < 1.29 is 14.3 Å². The Morgan fingerprint density at radius 3 is 1.64 bits per heavy atom. The van der Waals surface area contributed by atoms with Crippen LogP contribution in [0.15, 0.2) is 45.3 Å². The Bertz CT molecular complexity index is 765. The molecule has 5 heteroatoms. The van der Waals surface area contributed by atoms with Gasteiger partial charge < -0.3 is 9.47 Å². The van der Waals surface area contributed by atoms with Gasteiger partial charge in [0.1, 0.15) is 0 Å². The highest BCUT2D eigenvalue weighted by Gasteiger charge is 2.57. The molecular weight excluding hydrogens is 412 g/mol. The number of carbonyl (C=O) groups is 1. The molecule has 0 unspecified atom stereocenters. The molecule has 1 saturated heterocycles. The van der Waals surface area contributed by atoms with Crippen LogP contribution in [0, 0.1) is 0 Å². The Morgan fingerprint density at radius 1 is 0.727 bits per heavy atom. The van der Waals surface area contributed by atoms with E-state index in [1.807, 2.05) is 12.1 Å². The molecule has 2 bridgehead atoms. The third kappa shape index (κ3) is 1.58. The largest absolute Gasteiger partial charge is 0.509 e. The third-order valence-electron chi connectivity index (χ3n) is 4.88. The zero-order chi connectivity index (χ0) is 15.0. The van der Waals surface area contributed by atoms with E-state index in [1.54, 1.807) is 0 Å². The lowest BCUT2D eigenvalue weighted by atomic mass is 9.61. The van der Waals surface area contributed by atoms with Crippen LogP contribution in [-0.4, -0.2) is 18.4 Å². The molecule has 3 aliphatic carbocycles. The first-order chi connectivity index (χ1) is 10.6. The Hall–Kier alpha value is -1.33. The Labute approximate surface area is 143 Å². The van der Waals surface area contributed by atoms with E-state index >= 15 is 0 Å². The van der Waals surface area contributed by atoms with Gasteiger partial charge >= 0.3 is 6.16 Å². The standard InChI is InChI=1S/C17H10Br2O3/c18-7-1-3-9-11(5-7)14-10-4-2-8(19)6-12(10)13(9)15-16(14)22-17(20)21-15/h1-6,13-16H/t13-,14-,15-,16+/m0/s1. The summed E-state index contributed by atoms with van der Waals surface area (Å²) in [5, 5.41) is 0. The lowest BCUT2D eigenvalue weighted by molar-refractivity contribution is 0.103. The molecule has 0 saturated carbocycles. The molecule has 2 aromatic carbocycles. The van der Waals surface area contributed by atoms with Gasteiger partial charge in [-0.25, -0.2) is 4.79 Å². The smallest absolute Gasteiger partial charge is 0.426 e. The van der Waals surface area contributed by atoms with Crippen LogP contribution in [0.3, 0.4) is 0 Å². The lowest BCUT2D eigenvalue weighted by Crippen LogP contribution is -2.45. The van der Waals surface area contributed by atoms with Crippen molar-refractivity contribution in [3.05, 3.63) is 67.6 Å². The molecule has 1 fully saturated rings. The second-order valence-electron chi connectivity index (χ2n) is 5.92. The molecule has 1 heterocycles. The van der Waals surface area contributed by atoms with Crippen molar-refractivity contribution in [2.45, 2.75) is 24.0 Å². The maximum absolute atomic E-state index is 11.7. The SMILES string of the molecule is O=C1O[C@@H]2[C@@H]3c4cc(Br)ccc4[C@@H](c4cc(Br)ccc43)[C@@H]2O1. The van der Waals surface area contributed by atoms with Gasteiger partial charge in [0.25, 0.3) is 0 Å². The lowest BCUT2D eigenvalue weighted by Gasteiger charge is -2.45. The first kappa shape index (κ1) is 13.1. The highest BCUT2D eigenvalue weighted by atomic mass is 79.9. The summed E-state index contributed by atoms with van der Waals surface area (Å²) in [4.78, 5) is 11.7. The molecule has 1 aliphatic heterocycles. The average Bonchev–Trinajstić information content (AvgIpc) is 2.87. The van der Waals surface area contributed by atoms with E-state index < -0.39 is 6.16 Å². The molecule has 4 aliphatic rings. The van der Waals surface area contributed by atoms with Crippen molar-refractivity contribution in [1.29, 1.82) is 0 Å². The van der Waals surface area contributed by atoms with Crippen molar-refractivity contribution >= 4 is 38.0 Å². The molecule has 0 spiro atoms. The number of hydrogen-bond acceptors (Lipinski definition) is 3. The van der Waals surface area contributed by atoms with Crippen molar-refractivity contribution in [1.82, 2.24) is 0 Å². The molecule has 6 rings (SSSR count). The van der Waals surface area contributed by atoms with Gasteiger partial charge in [0.05, 0.1) is 11.8 Å². The Kier molecular flexibility index (Phi) is 2.60. The summed E-state index contributed by atoms with van der Waals surface area (Å²) in [6, 6.07) is 12.6. The van der Waals surface area contributed by atoms with Crippen LogP contribution in [0.25, 0.3) is 0 Å². The van der Waals surface area contributed by atoms with Crippen LogP contribution in [-0.2, 0) is 9.47 Å².